The highest BCUT2D eigenvalue weighted by Crippen LogP contribution is 2.35. The zero-order chi connectivity index (χ0) is 22.9. The number of imide groups is 1. The third-order valence-electron chi connectivity index (χ3n) is 6.01. The summed E-state index contributed by atoms with van der Waals surface area (Å²) in [6, 6.07) is 3.67. The largest absolute Gasteiger partial charge is 0.506 e. The molecule has 10 nitrogen and oxygen atoms in total. The first-order chi connectivity index (χ1) is 15.3. The fourth-order valence-corrected chi connectivity index (χ4v) is 5.66. The highest BCUT2D eigenvalue weighted by molar-refractivity contribution is 7.89. The minimum Gasteiger partial charge on any atom is -0.506 e. The molecule has 2 aliphatic heterocycles. The quantitative estimate of drug-likeness (QED) is 0.360. The maximum absolute atomic E-state index is 12.8. The van der Waals surface area contributed by atoms with Gasteiger partial charge in [-0.05, 0) is 31.0 Å². The number of carbonyl (C=O) groups excluding carboxylic acids is 3. The van der Waals surface area contributed by atoms with Gasteiger partial charge in [0.1, 0.15) is 5.75 Å². The Kier molecular flexibility index (Phi) is 6.31. The number of phenolic OH excluding ortho intramolecular Hbond substituents is 1. The Labute approximate surface area is 185 Å². The standard InChI is InChI=1S/C21H25N3O7S/c25-18-6-5-14(32(29,30)23-9-11-31-12-10-23)13-17(18)22-19(26)7-8-24-20(27)15-3-1-2-4-16(15)21(24)28/h1-2,5-6,13,15-16,25H,3-4,7-12H2,(H,22,26)/t15-,16-/m1/s1. The van der Waals surface area contributed by atoms with E-state index < -0.39 is 15.9 Å². The van der Waals surface area contributed by atoms with Crippen molar-refractivity contribution in [3.8, 4) is 5.75 Å². The molecule has 3 amide bonds. The molecular weight excluding hydrogens is 438 g/mol. The molecule has 0 spiro atoms. The number of morpholine rings is 1. The van der Waals surface area contributed by atoms with Gasteiger partial charge in [-0.25, -0.2) is 8.42 Å². The summed E-state index contributed by atoms with van der Waals surface area (Å²) in [5.41, 5.74) is -0.0544. The third-order valence-corrected chi connectivity index (χ3v) is 7.91. The topological polar surface area (TPSA) is 133 Å². The van der Waals surface area contributed by atoms with Gasteiger partial charge in [-0.15, -0.1) is 0 Å². The lowest BCUT2D eigenvalue weighted by Crippen LogP contribution is -2.40. The number of aromatic hydroxyl groups is 1. The zero-order valence-corrected chi connectivity index (χ0v) is 18.2. The lowest BCUT2D eigenvalue weighted by molar-refractivity contribution is -0.140. The highest BCUT2D eigenvalue weighted by atomic mass is 32.2. The van der Waals surface area contributed by atoms with Crippen LogP contribution in [-0.4, -0.2) is 73.3 Å². The smallest absolute Gasteiger partial charge is 0.243 e. The number of likely N-dealkylation sites (tertiary alicyclic amines) is 1. The van der Waals surface area contributed by atoms with Gasteiger partial charge in [0, 0.05) is 26.1 Å². The second-order valence-corrected chi connectivity index (χ2v) is 9.92. The number of amides is 3. The van der Waals surface area contributed by atoms with Gasteiger partial charge < -0.3 is 15.2 Å². The van der Waals surface area contributed by atoms with Gasteiger partial charge in [0.05, 0.1) is 35.6 Å². The van der Waals surface area contributed by atoms with E-state index in [0.29, 0.717) is 26.1 Å². The summed E-state index contributed by atoms with van der Waals surface area (Å²) in [5, 5.41) is 12.6. The first kappa shape index (κ1) is 22.4. The summed E-state index contributed by atoms with van der Waals surface area (Å²) in [7, 11) is -3.80. The number of allylic oxidation sites excluding steroid dienone is 2. The number of hydrogen-bond donors (Lipinski definition) is 2. The molecule has 1 aromatic carbocycles. The van der Waals surface area contributed by atoms with Gasteiger partial charge in [-0.1, -0.05) is 12.2 Å². The van der Waals surface area contributed by atoms with E-state index in [1.54, 1.807) is 0 Å². The molecule has 1 aliphatic carbocycles. The summed E-state index contributed by atoms with van der Waals surface area (Å²) < 4.78 is 32.1. The number of nitrogens with zero attached hydrogens (tertiary/aromatic N) is 2. The lowest BCUT2D eigenvalue weighted by Gasteiger charge is -2.26. The molecule has 172 valence electrons. The first-order valence-corrected chi connectivity index (χ1v) is 11.9. The molecule has 11 heteroatoms. The molecule has 4 rings (SSSR count). The average Bonchev–Trinajstić information content (AvgIpc) is 3.04. The van der Waals surface area contributed by atoms with Crippen LogP contribution in [0.3, 0.4) is 0 Å². The second-order valence-electron chi connectivity index (χ2n) is 7.98. The molecule has 0 bridgehead atoms. The fraction of sp³-hybridized carbons (Fsp3) is 0.476. The number of phenols is 1. The van der Waals surface area contributed by atoms with Crippen molar-refractivity contribution in [3.63, 3.8) is 0 Å². The van der Waals surface area contributed by atoms with E-state index >= 15 is 0 Å². The van der Waals surface area contributed by atoms with Crippen LogP contribution < -0.4 is 5.32 Å². The SMILES string of the molecule is O=C(CCN1C(=O)[C@@H]2CC=CC[C@H]2C1=O)Nc1cc(S(=O)(=O)N2CCOCC2)ccc1O. The number of fused-ring (bicyclic) bond motifs is 1. The highest BCUT2D eigenvalue weighted by Gasteiger charge is 2.46. The van der Waals surface area contributed by atoms with E-state index in [2.05, 4.69) is 5.32 Å². The van der Waals surface area contributed by atoms with Crippen molar-refractivity contribution < 1.29 is 32.6 Å². The average molecular weight is 464 g/mol. The molecule has 0 saturated carbocycles. The van der Waals surface area contributed by atoms with E-state index in [9.17, 15) is 27.9 Å². The van der Waals surface area contributed by atoms with Gasteiger partial charge in [-0.2, -0.15) is 4.31 Å². The summed E-state index contributed by atoms with van der Waals surface area (Å²) >= 11 is 0. The van der Waals surface area contributed by atoms with Crippen molar-refractivity contribution in [1.82, 2.24) is 9.21 Å². The van der Waals surface area contributed by atoms with E-state index in [1.165, 1.54) is 22.5 Å². The van der Waals surface area contributed by atoms with Crippen LogP contribution in [0.4, 0.5) is 5.69 Å². The summed E-state index contributed by atoms with van der Waals surface area (Å²) in [6.45, 7) is 0.975. The van der Waals surface area contributed by atoms with Crippen molar-refractivity contribution in [2.75, 3.05) is 38.2 Å². The number of sulfonamides is 1. The van der Waals surface area contributed by atoms with Crippen LogP contribution in [0.15, 0.2) is 35.2 Å². The van der Waals surface area contributed by atoms with E-state index in [-0.39, 0.29) is 66.0 Å². The van der Waals surface area contributed by atoms with Crippen LogP contribution in [0.1, 0.15) is 19.3 Å². The van der Waals surface area contributed by atoms with E-state index in [1.807, 2.05) is 12.2 Å². The predicted octanol–water partition coefficient (Wildman–Crippen LogP) is 0.693. The van der Waals surface area contributed by atoms with Crippen molar-refractivity contribution >= 4 is 33.4 Å². The van der Waals surface area contributed by atoms with Crippen molar-refractivity contribution in [3.05, 3.63) is 30.4 Å². The molecule has 32 heavy (non-hydrogen) atoms. The Balaban J connectivity index is 1.41. The molecule has 0 unspecified atom stereocenters. The van der Waals surface area contributed by atoms with Crippen LogP contribution in [0.2, 0.25) is 0 Å². The van der Waals surface area contributed by atoms with Crippen LogP contribution in [0.25, 0.3) is 0 Å². The first-order valence-electron chi connectivity index (χ1n) is 10.5. The van der Waals surface area contributed by atoms with Crippen LogP contribution >= 0.6 is 0 Å². The minimum absolute atomic E-state index is 0.0544. The monoisotopic (exact) mass is 463 g/mol. The summed E-state index contributed by atoms with van der Waals surface area (Å²) in [5.74, 6) is -2.08. The van der Waals surface area contributed by atoms with Crippen molar-refractivity contribution in [2.45, 2.75) is 24.2 Å². The molecule has 0 aromatic heterocycles. The molecule has 3 aliphatic rings. The molecule has 2 heterocycles. The number of anilines is 1. The van der Waals surface area contributed by atoms with Gasteiger partial charge in [0.2, 0.25) is 27.7 Å². The number of carbonyl (C=O) groups is 3. The van der Waals surface area contributed by atoms with Gasteiger partial charge in [-0.3, -0.25) is 19.3 Å². The molecule has 0 radical (unpaired) electrons. The molecular formula is C21H25N3O7S. The zero-order valence-electron chi connectivity index (χ0n) is 17.4. The normalized spacial score (nSPS) is 23.9. The van der Waals surface area contributed by atoms with Gasteiger partial charge in [0.15, 0.2) is 0 Å². The van der Waals surface area contributed by atoms with E-state index in [4.69, 9.17) is 4.74 Å². The number of ether oxygens (including phenoxy) is 1. The summed E-state index contributed by atoms with van der Waals surface area (Å²) in [6.07, 6.45) is 4.67. The predicted molar refractivity (Wildman–Crippen MR) is 113 cm³/mol. The maximum Gasteiger partial charge on any atom is 0.243 e. The molecule has 2 saturated heterocycles. The summed E-state index contributed by atoms with van der Waals surface area (Å²) in [4.78, 5) is 38.5. The van der Waals surface area contributed by atoms with E-state index in [0.717, 1.165) is 4.90 Å². The van der Waals surface area contributed by atoms with Gasteiger partial charge in [0.25, 0.3) is 0 Å². The Hall–Kier alpha value is -2.76. The molecule has 2 N–H and O–H groups in total. The number of nitrogens with one attached hydrogen (secondary N) is 1. The number of benzene rings is 1. The molecule has 2 fully saturated rings. The van der Waals surface area contributed by atoms with Crippen molar-refractivity contribution in [2.24, 2.45) is 11.8 Å². The number of hydrogen-bond acceptors (Lipinski definition) is 7. The Morgan fingerprint density at radius 1 is 1.09 bits per heavy atom. The Bertz CT molecular complexity index is 1040. The van der Waals surface area contributed by atoms with Crippen LogP contribution in [0, 0.1) is 11.8 Å². The van der Waals surface area contributed by atoms with Crippen LogP contribution in [-0.2, 0) is 29.1 Å². The van der Waals surface area contributed by atoms with Gasteiger partial charge >= 0.3 is 0 Å². The minimum atomic E-state index is -3.80. The van der Waals surface area contributed by atoms with Crippen molar-refractivity contribution in [1.29, 1.82) is 0 Å². The Morgan fingerprint density at radius 2 is 1.72 bits per heavy atom. The van der Waals surface area contributed by atoms with Crippen LogP contribution in [0.5, 0.6) is 5.75 Å². The fourth-order valence-electron chi connectivity index (χ4n) is 4.23. The second kappa shape index (κ2) is 9.00. The lowest BCUT2D eigenvalue weighted by atomic mass is 9.85. The molecule has 1 aromatic rings. The third kappa shape index (κ3) is 4.27. The maximum atomic E-state index is 12.8. The molecule has 2 atom stereocenters. The number of rotatable bonds is 6. The Morgan fingerprint density at radius 3 is 2.34 bits per heavy atom.